The van der Waals surface area contributed by atoms with Gasteiger partial charge in [0.1, 0.15) is 9.79 Å². The van der Waals surface area contributed by atoms with E-state index in [9.17, 15) is 16.8 Å². The molecular weight excluding hydrogens is 301 g/mol. The molecule has 1 aromatic carbocycles. The van der Waals surface area contributed by atoms with Crippen LogP contribution in [0.5, 0.6) is 0 Å². The molecule has 0 aliphatic heterocycles. The van der Waals surface area contributed by atoms with Gasteiger partial charge in [-0.15, -0.1) is 0 Å². The molecule has 0 aliphatic rings. The lowest BCUT2D eigenvalue weighted by Crippen LogP contribution is -2.04. The first-order chi connectivity index (χ1) is 7.03. The third kappa shape index (κ3) is 2.77. The van der Waals surface area contributed by atoms with Gasteiger partial charge in [0, 0.05) is 10.7 Å². The zero-order valence-electron chi connectivity index (χ0n) is 7.38. The highest BCUT2D eigenvalue weighted by Gasteiger charge is 2.22. The molecule has 90 valence electrons. The molecule has 0 atom stereocenters. The van der Waals surface area contributed by atoms with Gasteiger partial charge in [0.25, 0.3) is 19.2 Å². The summed E-state index contributed by atoms with van der Waals surface area (Å²) < 4.78 is 52.5. The largest absolute Gasteiger partial charge is 0.398 e. The van der Waals surface area contributed by atoms with Crippen LogP contribution in [0, 0.1) is 0 Å². The average molecular weight is 306 g/mol. The predicted molar refractivity (Wildman–Crippen MR) is 58.7 cm³/mol. The Morgan fingerprint density at radius 2 is 1.62 bits per heavy atom. The fraction of sp³-hybridized carbons (Fsp3) is 0. The summed E-state index contributed by atoms with van der Waals surface area (Å²) in [6, 6.07) is 1.47. The molecular formula is C6H5Cl2NO5S2. The second kappa shape index (κ2) is 4.04. The van der Waals surface area contributed by atoms with Gasteiger partial charge in [-0.3, -0.25) is 4.55 Å². The summed E-state index contributed by atoms with van der Waals surface area (Å²) in [6.07, 6.45) is 0. The van der Waals surface area contributed by atoms with Gasteiger partial charge in [0.05, 0.1) is 10.7 Å². The van der Waals surface area contributed by atoms with Gasteiger partial charge in [-0.25, -0.2) is 8.42 Å². The summed E-state index contributed by atoms with van der Waals surface area (Å²) in [7, 11) is -3.85. The second-order valence-corrected chi connectivity index (χ2v) is 7.06. The number of halogens is 2. The van der Waals surface area contributed by atoms with Crippen molar-refractivity contribution in [1.82, 2.24) is 0 Å². The zero-order chi connectivity index (χ0) is 12.7. The fourth-order valence-electron chi connectivity index (χ4n) is 0.959. The molecule has 0 amide bonds. The van der Waals surface area contributed by atoms with E-state index in [4.69, 9.17) is 32.6 Å². The highest BCUT2D eigenvalue weighted by Crippen LogP contribution is 2.31. The van der Waals surface area contributed by atoms with Crippen molar-refractivity contribution in [3.63, 3.8) is 0 Å². The molecule has 0 saturated heterocycles. The first-order valence-corrected chi connectivity index (χ1v) is 7.67. The molecule has 1 aromatic rings. The quantitative estimate of drug-likeness (QED) is 0.480. The van der Waals surface area contributed by atoms with E-state index in [0.717, 1.165) is 6.07 Å². The van der Waals surface area contributed by atoms with E-state index in [1.54, 1.807) is 0 Å². The van der Waals surface area contributed by atoms with Crippen molar-refractivity contribution in [3.05, 3.63) is 17.2 Å². The summed E-state index contributed by atoms with van der Waals surface area (Å²) in [4.78, 5) is -1.41. The molecule has 1 rings (SSSR count). The van der Waals surface area contributed by atoms with Crippen molar-refractivity contribution in [2.24, 2.45) is 0 Å². The van der Waals surface area contributed by atoms with E-state index in [1.165, 1.54) is 0 Å². The molecule has 6 nitrogen and oxygen atoms in total. The van der Waals surface area contributed by atoms with Crippen molar-refractivity contribution in [2.45, 2.75) is 9.79 Å². The summed E-state index contributed by atoms with van der Waals surface area (Å²) >= 11 is 5.48. The van der Waals surface area contributed by atoms with Gasteiger partial charge >= 0.3 is 0 Å². The molecule has 0 aliphatic carbocycles. The van der Waals surface area contributed by atoms with E-state index in [1.807, 2.05) is 0 Å². The van der Waals surface area contributed by atoms with Crippen LogP contribution in [0.3, 0.4) is 0 Å². The highest BCUT2D eigenvalue weighted by molar-refractivity contribution is 8.13. The minimum Gasteiger partial charge on any atom is -0.398 e. The smallest absolute Gasteiger partial charge is 0.296 e. The fourth-order valence-corrected chi connectivity index (χ4v) is 3.07. The van der Waals surface area contributed by atoms with E-state index in [0.29, 0.717) is 6.07 Å². The van der Waals surface area contributed by atoms with Crippen LogP contribution in [0.4, 0.5) is 5.69 Å². The van der Waals surface area contributed by atoms with Gasteiger partial charge < -0.3 is 5.73 Å². The number of nitrogen functional groups attached to an aromatic ring is 1. The van der Waals surface area contributed by atoms with Gasteiger partial charge in [0.15, 0.2) is 0 Å². The Balaban J connectivity index is 3.72. The normalized spacial score (nSPS) is 12.7. The summed E-state index contributed by atoms with van der Waals surface area (Å²) in [5.41, 5.74) is 4.98. The third-order valence-electron chi connectivity index (χ3n) is 1.60. The maximum atomic E-state index is 11.0. The minimum atomic E-state index is -4.64. The molecule has 0 radical (unpaired) electrons. The minimum absolute atomic E-state index is 0.313. The number of rotatable bonds is 2. The topological polar surface area (TPSA) is 115 Å². The van der Waals surface area contributed by atoms with Crippen molar-refractivity contribution in [3.8, 4) is 0 Å². The monoisotopic (exact) mass is 305 g/mol. The Morgan fingerprint density at radius 1 is 1.12 bits per heavy atom. The standard InChI is InChI=1S/C6H5Cl2NO5S2/c7-3-1-4(9)6(15(8,10)11)2-5(3)16(12,13)14/h1-2H,9H2,(H,12,13,14). The number of nitrogens with two attached hydrogens (primary N) is 1. The maximum Gasteiger partial charge on any atom is 0.296 e. The van der Waals surface area contributed by atoms with Crippen LogP contribution in [0.25, 0.3) is 0 Å². The molecule has 0 unspecified atom stereocenters. The van der Waals surface area contributed by atoms with E-state index in [-0.39, 0.29) is 5.69 Å². The van der Waals surface area contributed by atoms with Crippen LogP contribution >= 0.6 is 22.3 Å². The Hall–Kier alpha value is -0.540. The Bertz CT molecular complexity index is 584. The molecule has 16 heavy (non-hydrogen) atoms. The zero-order valence-corrected chi connectivity index (χ0v) is 10.5. The van der Waals surface area contributed by atoms with Crippen LogP contribution in [0.1, 0.15) is 0 Å². The number of hydrogen-bond donors (Lipinski definition) is 2. The number of hydrogen-bond acceptors (Lipinski definition) is 5. The van der Waals surface area contributed by atoms with Crippen molar-refractivity contribution in [2.75, 3.05) is 5.73 Å². The van der Waals surface area contributed by atoms with Crippen LogP contribution in [0.15, 0.2) is 21.9 Å². The Labute approximate surface area is 101 Å². The van der Waals surface area contributed by atoms with Crippen molar-refractivity contribution >= 4 is 47.1 Å². The van der Waals surface area contributed by atoms with E-state index in [2.05, 4.69) is 0 Å². The van der Waals surface area contributed by atoms with Crippen LogP contribution in [-0.4, -0.2) is 21.4 Å². The third-order valence-corrected chi connectivity index (χ3v) is 4.30. The maximum absolute atomic E-state index is 11.0. The SMILES string of the molecule is Nc1cc(Cl)c(S(=O)(=O)O)cc1S(=O)(=O)Cl. The summed E-state index contributed by atoms with van der Waals surface area (Å²) in [6.45, 7) is 0. The van der Waals surface area contributed by atoms with Gasteiger partial charge in [-0.05, 0) is 12.1 Å². The lowest BCUT2D eigenvalue weighted by Gasteiger charge is -2.06. The van der Waals surface area contributed by atoms with Gasteiger partial charge in [0.2, 0.25) is 0 Å². The molecule has 0 saturated carbocycles. The lowest BCUT2D eigenvalue weighted by molar-refractivity contribution is 0.483. The lowest BCUT2D eigenvalue weighted by atomic mass is 10.3. The van der Waals surface area contributed by atoms with Gasteiger partial charge in [-0.2, -0.15) is 8.42 Å². The van der Waals surface area contributed by atoms with Gasteiger partial charge in [-0.1, -0.05) is 11.6 Å². The highest BCUT2D eigenvalue weighted by atomic mass is 35.7. The first kappa shape index (κ1) is 13.5. The van der Waals surface area contributed by atoms with E-state index >= 15 is 0 Å². The first-order valence-electron chi connectivity index (χ1n) is 3.54. The molecule has 10 heteroatoms. The molecule has 0 fully saturated rings. The molecule has 0 spiro atoms. The van der Waals surface area contributed by atoms with Crippen LogP contribution in [-0.2, 0) is 19.2 Å². The number of anilines is 1. The number of benzene rings is 1. The predicted octanol–water partition coefficient (Wildman–Crippen LogP) is 1.10. The van der Waals surface area contributed by atoms with Crippen molar-refractivity contribution < 1.29 is 21.4 Å². The second-order valence-electron chi connectivity index (χ2n) is 2.73. The average Bonchev–Trinajstić information content (AvgIpc) is 1.97. The van der Waals surface area contributed by atoms with Crippen LogP contribution < -0.4 is 5.73 Å². The Kier molecular flexibility index (Phi) is 3.42. The molecule has 0 heterocycles. The molecule has 0 aromatic heterocycles. The molecule has 0 bridgehead atoms. The van der Waals surface area contributed by atoms with E-state index < -0.39 is 34.0 Å². The molecule has 3 N–H and O–H groups in total. The Morgan fingerprint density at radius 3 is 2.00 bits per heavy atom. The summed E-state index contributed by atoms with van der Waals surface area (Å²) in [5.74, 6) is 0. The van der Waals surface area contributed by atoms with Crippen LogP contribution in [0.2, 0.25) is 5.02 Å². The summed E-state index contributed by atoms with van der Waals surface area (Å²) in [5, 5.41) is -0.399. The van der Waals surface area contributed by atoms with Crippen molar-refractivity contribution in [1.29, 1.82) is 0 Å².